The number of amides is 2. The van der Waals surface area contributed by atoms with Crippen molar-refractivity contribution in [1.82, 2.24) is 15.2 Å². The van der Waals surface area contributed by atoms with Crippen LogP contribution in [0.2, 0.25) is 0 Å². The summed E-state index contributed by atoms with van der Waals surface area (Å²) in [5, 5.41) is 4.22. The first kappa shape index (κ1) is 23.6. The van der Waals surface area contributed by atoms with Gasteiger partial charge >= 0.3 is 0 Å². The van der Waals surface area contributed by atoms with Crippen molar-refractivity contribution in [3.05, 3.63) is 65.9 Å². The Balaban J connectivity index is 1.21. The van der Waals surface area contributed by atoms with Crippen molar-refractivity contribution in [1.29, 1.82) is 0 Å². The van der Waals surface area contributed by atoms with E-state index in [0.29, 0.717) is 18.0 Å². The van der Waals surface area contributed by atoms with Gasteiger partial charge in [0.15, 0.2) is 0 Å². The number of carbonyl (C=O) groups excluding carboxylic acids is 2. The van der Waals surface area contributed by atoms with Crippen molar-refractivity contribution >= 4 is 28.4 Å². The van der Waals surface area contributed by atoms with Crippen molar-refractivity contribution < 1.29 is 9.59 Å². The second kappa shape index (κ2) is 10.6. The summed E-state index contributed by atoms with van der Waals surface area (Å²) in [6.45, 7) is 5.01. The van der Waals surface area contributed by atoms with Crippen LogP contribution in [-0.4, -0.2) is 53.9 Å². The van der Waals surface area contributed by atoms with E-state index in [-0.39, 0.29) is 18.4 Å². The molecule has 1 saturated carbocycles. The third-order valence-corrected chi connectivity index (χ3v) is 7.83. The van der Waals surface area contributed by atoms with Crippen LogP contribution in [-0.2, 0) is 4.79 Å². The van der Waals surface area contributed by atoms with E-state index < -0.39 is 0 Å². The van der Waals surface area contributed by atoms with Crippen LogP contribution in [0.4, 0.5) is 5.69 Å². The molecule has 35 heavy (non-hydrogen) atoms. The van der Waals surface area contributed by atoms with Gasteiger partial charge in [-0.05, 0) is 81.4 Å². The highest BCUT2D eigenvalue weighted by atomic mass is 16.2. The number of aromatic amines is 1. The number of H-pyrrole nitrogens is 1. The van der Waals surface area contributed by atoms with Gasteiger partial charge in [0, 0.05) is 40.9 Å². The maximum atomic E-state index is 13.5. The van der Waals surface area contributed by atoms with Gasteiger partial charge in [0.25, 0.3) is 5.91 Å². The van der Waals surface area contributed by atoms with E-state index >= 15 is 0 Å². The fourth-order valence-electron chi connectivity index (χ4n) is 5.70. The van der Waals surface area contributed by atoms with Crippen LogP contribution in [0, 0.1) is 12.8 Å². The number of benzene rings is 2. The minimum atomic E-state index is -0.176. The molecule has 1 aliphatic heterocycles. The number of carbonyl (C=O) groups is 2. The van der Waals surface area contributed by atoms with E-state index in [0.717, 1.165) is 54.1 Å². The number of para-hydroxylation sites is 1. The van der Waals surface area contributed by atoms with E-state index in [1.54, 1.807) is 4.90 Å². The standard InChI is InChI=1S/C29H36N4O2/c1-21-18-30-27-17-23(11-12-26(21)27)29(35)33(25-9-3-2-4-10-25)20-28(34)31-19-22-13-15-32(16-14-22)24-7-5-6-8-24/h2-4,9-12,17-18,22,24,30H,5-8,13-16,19-20H2,1H3,(H,31,34). The van der Waals surface area contributed by atoms with Crippen LogP contribution >= 0.6 is 0 Å². The Kier molecular flexibility index (Phi) is 7.19. The summed E-state index contributed by atoms with van der Waals surface area (Å²) in [6.07, 6.45) is 9.65. The van der Waals surface area contributed by atoms with Crippen LogP contribution in [0.5, 0.6) is 0 Å². The van der Waals surface area contributed by atoms with Crippen molar-refractivity contribution in [3.63, 3.8) is 0 Å². The summed E-state index contributed by atoms with van der Waals surface area (Å²) in [7, 11) is 0. The highest BCUT2D eigenvalue weighted by Gasteiger charge is 2.27. The largest absolute Gasteiger partial charge is 0.361 e. The molecule has 0 unspecified atom stereocenters. The zero-order chi connectivity index (χ0) is 24.2. The zero-order valence-electron chi connectivity index (χ0n) is 20.6. The number of aromatic nitrogens is 1. The van der Waals surface area contributed by atoms with Crippen molar-refractivity contribution in [3.8, 4) is 0 Å². The van der Waals surface area contributed by atoms with Gasteiger partial charge in [0.05, 0.1) is 0 Å². The summed E-state index contributed by atoms with van der Waals surface area (Å²) in [5.74, 6) is 0.221. The summed E-state index contributed by atoms with van der Waals surface area (Å²) in [5.41, 5.74) is 3.36. The molecular formula is C29H36N4O2. The second-order valence-electron chi connectivity index (χ2n) is 10.2. The molecule has 0 spiro atoms. The van der Waals surface area contributed by atoms with Gasteiger partial charge in [-0.2, -0.15) is 0 Å². The van der Waals surface area contributed by atoms with Gasteiger partial charge in [-0.25, -0.2) is 0 Å². The van der Waals surface area contributed by atoms with Gasteiger partial charge in [-0.1, -0.05) is 37.1 Å². The predicted octanol–water partition coefficient (Wildman–Crippen LogP) is 4.89. The molecule has 0 radical (unpaired) electrons. The lowest BCUT2D eigenvalue weighted by atomic mass is 9.95. The summed E-state index contributed by atoms with van der Waals surface area (Å²) >= 11 is 0. The van der Waals surface area contributed by atoms with E-state index in [1.165, 1.54) is 25.7 Å². The molecule has 1 aliphatic carbocycles. The van der Waals surface area contributed by atoms with Crippen LogP contribution in [0.1, 0.15) is 54.4 Å². The molecule has 0 atom stereocenters. The quantitative estimate of drug-likeness (QED) is 0.514. The molecule has 2 aromatic carbocycles. The minimum absolute atomic E-state index is 0.00551. The highest BCUT2D eigenvalue weighted by Crippen LogP contribution is 2.28. The zero-order valence-corrected chi connectivity index (χ0v) is 20.6. The number of aryl methyl sites for hydroxylation is 1. The molecule has 1 aromatic heterocycles. The molecule has 6 heteroatoms. The average Bonchev–Trinajstić information content (AvgIpc) is 3.57. The number of rotatable bonds is 7. The number of nitrogens with one attached hydrogen (secondary N) is 2. The first-order chi connectivity index (χ1) is 17.1. The fraction of sp³-hybridized carbons (Fsp3) is 0.448. The molecule has 3 aromatic rings. The first-order valence-corrected chi connectivity index (χ1v) is 13.0. The van der Waals surface area contributed by atoms with Crippen molar-refractivity contribution in [2.24, 2.45) is 5.92 Å². The van der Waals surface area contributed by atoms with E-state index in [2.05, 4.69) is 15.2 Å². The molecule has 1 saturated heterocycles. The molecule has 2 N–H and O–H groups in total. The maximum Gasteiger partial charge on any atom is 0.258 e. The molecule has 2 aliphatic rings. The Morgan fingerprint density at radius 1 is 1.03 bits per heavy atom. The molecular weight excluding hydrogens is 436 g/mol. The van der Waals surface area contributed by atoms with Gasteiger partial charge in [0.2, 0.25) is 5.91 Å². The van der Waals surface area contributed by atoms with E-state index in [1.807, 2.05) is 61.7 Å². The average molecular weight is 473 g/mol. The Morgan fingerprint density at radius 2 is 1.77 bits per heavy atom. The Hall–Kier alpha value is -3.12. The number of nitrogens with zero attached hydrogens (tertiary/aromatic N) is 2. The molecule has 5 rings (SSSR count). The first-order valence-electron chi connectivity index (χ1n) is 13.0. The molecule has 2 fully saturated rings. The topological polar surface area (TPSA) is 68.4 Å². The summed E-state index contributed by atoms with van der Waals surface area (Å²) in [4.78, 5) is 34.0. The highest BCUT2D eigenvalue weighted by molar-refractivity contribution is 6.10. The lowest BCUT2D eigenvalue weighted by molar-refractivity contribution is -0.120. The lowest BCUT2D eigenvalue weighted by Gasteiger charge is -2.36. The Morgan fingerprint density at radius 3 is 2.51 bits per heavy atom. The summed E-state index contributed by atoms with van der Waals surface area (Å²) < 4.78 is 0. The van der Waals surface area contributed by atoms with Crippen LogP contribution in [0.15, 0.2) is 54.7 Å². The third kappa shape index (κ3) is 5.43. The normalized spacial score (nSPS) is 17.6. The predicted molar refractivity (Wildman–Crippen MR) is 141 cm³/mol. The smallest absolute Gasteiger partial charge is 0.258 e. The summed E-state index contributed by atoms with van der Waals surface area (Å²) in [6, 6.07) is 15.9. The molecule has 2 amide bonds. The number of likely N-dealkylation sites (tertiary alicyclic amines) is 1. The second-order valence-corrected chi connectivity index (χ2v) is 10.2. The van der Waals surface area contributed by atoms with Gasteiger partial charge in [-0.3, -0.25) is 14.5 Å². The van der Waals surface area contributed by atoms with Crippen molar-refractivity contribution in [2.45, 2.75) is 51.5 Å². The molecule has 0 bridgehead atoms. The van der Waals surface area contributed by atoms with E-state index in [4.69, 9.17) is 0 Å². The molecule has 2 heterocycles. The van der Waals surface area contributed by atoms with Gasteiger partial charge in [0.1, 0.15) is 6.54 Å². The van der Waals surface area contributed by atoms with Crippen LogP contribution < -0.4 is 10.2 Å². The SMILES string of the molecule is Cc1c[nH]c2cc(C(=O)N(CC(=O)NCC3CCN(C4CCCC4)CC3)c3ccccc3)ccc12. The monoisotopic (exact) mass is 472 g/mol. The fourth-order valence-corrected chi connectivity index (χ4v) is 5.70. The number of fused-ring (bicyclic) bond motifs is 1. The minimum Gasteiger partial charge on any atom is -0.361 e. The maximum absolute atomic E-state index is 13.5. The lowest BCUT2D eigenvalue weighted by Crippen LogP contribution is -2.45. The Labute approximate surface area is 207 Å². The Bertz CT molecular complexity index is 1160. The van der Waals surface area contributed by atoms with E-state index in [9.17, 15) is 9.59 Å². The van der Waals surface area contributed by atoms with Gasteiger partial charge < -0.3 is 15.2 Å². The number of hydrogen-bond acceptors (Lipinski definition) is 3. The van der Waals surface area contributed by atoms with Crippen LogP contribution in [0.25, 0.3) is 10.9 Å². The van der Waals surface area contributed by atoms with Crippen LogP contribution in [0.3, 0.4) is 0 Å². The number of anilines is 1. The third-order valence-electron chi connectivity index (χ3n) is 7.83. The number of hydrogen-bond donors (Lipinski definition) is 2. The number of piperidine rings is 1. The van der Waals surface area contributed by atoms with Gasteiger partial charge in [-0.15, -0.1) is 0 Å². The van der Waals surface area contributed by atoms with Crippen molar-refractivity contribution in [2.75, 3.05) is 31.1 Å². The molecule has 184 valence electrons. The molecule has 6 nitrogen and oxygen atoms in total.